The van der Waals surface area contributed by atoms with Gasteiger partial charge in [-0.1, -0.05) is 47.0 Å². The zero-order valence-corrected chi connectivity index (χ0v) is 23.1. The summed E-state index contributed by atoms with van der Waals surface area (Å²) in [5.41, 5.74) is 0. The van der Waals surface area contributed by atoms with Gasteiger partial charge in [0.1, 0.15) is 0 Å². The fourth-order valence-electron chi connectivity index (χ4n) is 3.82. The second-order valence-electron chi connectivity index (χ2n) is 8.81. The maximum Gasteiger partial charge on any atom is 0.0110 e. The number of piperidine rings is 1. The zero-order chi connectivity index (χ0) is 24.5. The minimum atomic E-state index is 1.17. The van der Waals surface area contributed by atoms with Crippen molar-refractivity contribution in [2.45, 2.75) is 72.6 Å². The fourth-order valence-corrected chi connectivity index (χ4v) is 3.82. The van der Waals surface area contributed by atoms with Gasteiger partial charge in [-0.05, 0) is 66.0 Å². The second-order valence-corrected chi connectivity index (χ2v) is 8.81. The average molecular weight is 456 g/mol. The van der Waals surface area contributed by atoms with Gasteiger partial charge in [0, 0.05) is 52.4 Å². The molecule has 5 nitrogen and oxygen atoms in total. The Hall–Kier alpha value is -0.460. The third kappa shape index (κ3) is 21.4. The number of unbranched alkanes of at least 4 members (excludes halogenated alkanes) is 2. The van der Waals surface area contributed by atoms with Crippen molar-refractivity contribution >= 4 is 0 Å². The van der Waals surface area contributed by atoms with Crippen LogP contribution in [0.1, 0.15) is 72.6 Å². The standard InChI is InChI=1S/C12H26N2.C11H25N3.C2H6.C2H4/c1-3-4-8-13(2)11-12-14-9-6-5-7-10-14;1-3-4-7-13(2)10-11-14-8-5-12-6-9-14;2*1-2/h3-12H2,1-2H3;12H,3-11H2,1-2H3;1-2H3;1-2H2. The molecule has 0 aliphatic carbocycles. The molecule has 2 heterocycles. The van der Waals surface area contributed by atoms with Crippen LogP contribution in [0.25, 0.3) is 0 Å². The molecule has 0 aromatic heterocycles. The predicted molar refractivity (Wildman–Crippen MR) is 147 cm³/mol. The molecule has 2 aliphatic rings. The third-order valence-electron chi connectivity index (χ3n) is 6.04. The van der Waals surface area contributed by atoms with Crippen molar-refractivity contribution in [3.63, 3.8) is 0 Å². The Kier molecular flexibility index (Phi) is 28.2. The van der Waals surface area contributed by atoms with Gasteiger partial charge in [-0.3, -0.25) is 4.90 Å². The molecular weight excluding hydrogens is 394 g/mol. The van der Waals surface area contributed by atoms with E-state index in [2.05, 4.69) is 66.0 Å². The first kappa shape index (κ1) is 33.7. The number of hydrogen-bond acceptors (Lipinski definition) is 5. The van der Waals surface area contributed by atoms with Gasteiger partial charge in [-0.15, -0.1) is 13.2 Å². The van der Waals surface area contributed by atoms with Crippen molar-refractivity contribution in [3.8, 4) is 0 Å². The lowest BCUT2D eigenvalue weighted by molar-refractivity contribution is 0.195. The van der Waals surface area contributed by atoms with Crippen LogP contribution in [0.3, 0.4) is 0 Å². The average Bonchev–Trinajstić information content (AvgIpc) is 2.87. The molecule has 0 amide bonds. The molecule has 194 valence electrons. The maximum absolute atomic E-state index is 3.38. The summed E-state index contributed by atoms with van der Waals surface area (Å²) in [7, 11) is 4.48. The van der Waals surface area contributed by atoms with Crippen LogP contribution in [-0.4, -0.2) is 112 Å². The van der Waals surface area contributed by atoms with Crippen LogP contribution in [0, 0.1) is 0 Å². The molecule has 0 radical (unpaired) electrons. The highest BCUT2D eigenvalue weighted by atomic mass is 15.2. The Morgan fingerprint density at radius 2 is 1.06 bits per heavy atom. The molecule has 2 aliphatic heterocycles. The Labute approximate surface area is 203 Å². The third-order valence-corrected chi connectivity index (χ3v) is 6.04. The molecule has 0 saturated carbocycles. The minimum Gasteiger partial charge on any atom is -0.314 e. The van der Waals surface area contributed by atoms with E-state index in [-0.39, 0.29) is 0 Å². The zero-order valence-electron chi connectivity index (χ0n) is 23.1. The Morgan fingerprint density at radius 1 is 0.656 bits per heavy atom. The molecule has 2 saturated heterocycles. The van der Waals surface area contributed by atoms with Gasteiger partial charge in [0.25, 0.3) is 0 Å². The number of likely N-dealkylation sites (tertiary alicyclic amines) is 1. The molecule has 5 heteroatoms. The van der Waals surface area contributed by atoms with Crippen molar-refractivity contribution < 1.29 is 0 Å². The molecule has 0 atom stereocenters. The summed E-state index contributed by atoms with van der Waals surface area (Å²) < 4.78 is 0. The summed E-state index contributed by atoms with van der Waals surface area (Å²) in [4.78, 5) is 10.1. The van der Waals surface area contributed by atoms with Crippen molar-refractivity contribution in [1.82, 2.24) is 24.9 Å². The molecule has 0 aromatic rings. The lowest BCUT2D eigenvalue weighted by atomic mass is 10.1. The summed E-state index contributed by atoms with van der Waals surface area (Å²) in [6, 6.07) is 0. The Morgan fingerprint density at radius 3 is 1.47 bits per heavy atom. The molecule has 0 aromatic carbocycles. The molecule has 1 N–H and O–H groups in total. The quantitative estimate of drug-likeness (QED) is 0.432. The van der Waals surface area contributed by atoms with Gasteiger partial charge in [0.2, 0.25) is 0 Å². The molecular formula is C27H61N5. The van der Waals surface area contributed by atoms with E-state index in [1.165, 1.54) is 123 Å². The van der Waals surface area contributed by atoms with Crippen molar-refractivity contribution in [3.05, 3.63) is 13.2 Å². The Bertz CT molecular complexity index is 309. The SMILES string of the molecule is C=C.CC.CCCCN(C)CCN1CCCCC1.CCCCN(C)CCN1CCNCC1. The highest BCUT2D eigenvalue weighted by molar-refractivity contribution is 4.68. The van der Waals surface area contributed by atoms with Gasteiger partial charge in [0.05, 0.1) is 0 Å². The lowest BCUT2D eigenvalue weighted by Crippen LogP contribution is -2.46. The highest BCUT2D eigenvalue weighted by Gasteiger charge is 2.10. The first-order chi connectivity index (χ1) is 15.7. The Balaban J connectivity index is 0. The minimum absolute atomic E-state index is 1.17. The first-order valence-corrected chi connectivity index (χ1v) is 13.7. The molecule has 2 fully saturated rings. The van der Waals surface area contributed by atoms with Gasteiger partial charge >= 0.3 is 0 Å². The van der Waals surface area contributed by atoms with Gasteiger partial charge in [0.15, 0.2) is 0 Å². The number of likely N-dealkylation sites (N-methyl/N-ethyl adjacent to an activating group) is 2. The molecule has 0 unspecified atom stereocenters. The highest BCUT2D eigenvalue weighted by Crippen LogP contribution is 2.08. The van der Waals surface area contributed by atoms with Crippen LogP contribution < -0.4 is 5.32 Å². The number of piperazine rings is 1. The normalized spacial score (nSPS) is 17.0. The van der Waals surface area contributed by atoms with Crippen LogP contribution in [0.5, 0.6) is 0 Å². The number of rotatable bonds is 12. The fraction of sp³-hybridized carbons (Fsp3) is 0.926. The van der Waals surface area contributed by atoms with Crippen LogP contribution in [-0.2, 0) is 0 Å². The largest absolute Gasteiger partial charge is 0.314 e. The smallest absolute Gasteiger partial charge is 0.0110 e. The summed E-state index contributed by atoms with van der Waals surface area (Å²) in [6.07, 6.45) is 9.57. The summed E-state index contributed by atoms with van der Waals surface area (Å²) in [5, 5.41) is 3.38. The van der Waals surface area contributed by atoms with E-state index in [1.807, 2.05) is 13.8 Å². The van der Waals surface area contributed by atoms with Gasteiger partial charge in [-0.25, -0.2) is 0 Å². The number of nitrogens with zero attached hydrogens (tertiary/aromatic N) is 4. The van der Waals surface area contributed by atoms with Gasteiger partial charge < -0.3 is 20.0 Å². The predicted octanol–water partition coefficient (Wildman–Crippen LogP) is 4.66. The second kappa shape index (κ2) is 26.8. The van der Waals surface area contributed by atoms with Crippen molar-refractivity contribution in [1.29, 1.82) is 0 Å². The molecule has 32 heavy (non-hydrogen) atoms. The van der Waals surface area contributed by atoms with E-state index in [4.69, 9.17) is 0 Å². The molecule has 2 rings (SSSR count). The summed E-state index contributed by atoms with van der Waals surface area (Å²) in [6.45, 7) is 29.5. The van der Waals surface area contributed by atoms with E-state index < -0.39 is 0 Å². The first-order valence-electron chi connectivity index (χ1n) is 13.7. The van der Waals surface area contributed by atoms with Crippen LogP contribution in [0.4, 0.5) is 0 Å². The summed E-state index contributed by atoms with van der Waals surface area (Å²) in [5.74, 6) is 0. The number of nitrogens with one attached hydrogen (secondary N) is 1. The topological polar surface area (TPSA) is 25.0 Å². The monoisotopic (exact) mass is 455 g/mol. The van der Waals surface area contributed by atoms with Crippen molar-refractivity contribution in [2.75, 3.05) is 92.6 Å². The van der Waals surface area contributed by atoms with Crippen molar-refractivity contribution in [2.24, 2.45) is 0 Å². The van der Waals surface area contributed by atoms with Crippen LogP contribution >= 0.6 is 0 Å². The van der Waals surface area contributed by atoms with Gasteiger partial charge in [-0.2, -0.15) is 0 Å². The maximum atomic E-state index is 3.38. The van der Waals surface area contributed by atoms with E-state index in [0.29, 0.717) is 0 Å². The van der Waals surface area contributed by atoms with Crippen LogP contribution in [0.2, 0.25) is 0 Å². The van der Waals surface area contributed by atoms with Crippen LogP contribution in [0.15, 0.2) is 13.2 Å². The van der Waals surface area contributed by atoms with E-state index in [9.17, 15) is 0 Å². The lowest BCUT2D eigenvalue weighted by Gasteiger charge is -2.29. The van der Waals surface area contributed by atoms with E-state index in [0.717, 1.165) is 0 Å². The number of hydrogen-bond donors (Lipinski definition) is 1. The van der Waals surface area contributed by atoms with E-state index in [1.54, 1.807) is 0 Å². The molecule has 0 spiro atoms. The summed E-state index contributed by atoms with van der Waals surface area (Å²) >= 11 is 0. The molecule has 0 bridgehead atoms. The van der Waals surface area contributed by atoms with E-state index >= 15 is 0 Å².